The summed E-state index contributed by atoms with van der Waals surface area (Å²) in [4.78, 5) is 15.9. The first kappa shape index (κ1) is 11.3. The van der Waals surface area contributed by atoms with Gasteiger partial charge in [-0.3, -0.25) is 9.89 Å². The third kappa shape index (κ3) is 2.15. The number of nitrogens with zero attached hydrogens (tertiary/aromatic N) is 2. The molecule has 8 heteroatoms. The van der Waals surface area contributed by atoms with E-state index in [1.54, 1.807) is 12.1 Å². The van der Waals surface area contributed by atoms with Crippen molar-refractivity contribution < 1.29 is 14.3 Å². The lowest BCUT2D eigenvalue weighted by atomic mass is 10.1. The SMILES string of the molecule is Nc1cc2c(cc1C(=O)NCc1ncn[nH]1)OCO2. The summed E-state index contributed by atoms with van der Waals surface area (Å²) in [5.74, 6) is 1.31. The molecule has 0 fully saturated rings. The molecule has 1 amide bonds. The van der Waals surface area contributed by atoms with Crippen LogP contribution in [-0.2, 0) is 6.54 Å². The largest absolute Gasteiger partial charge is 0.454 e. The van der Waals surface area contributed by atoms with Gasteiger partial charge in [-0.15, -0.1) is 0 Å². The zero-order valence-corrected chi connectivity index (χ0v) is 9.84. The molecule has 2 aromatic rings. The molecule has 19 heavy (non-hydrogen) atoms. The molecule has 1 aromatic carbocycles. The predicted molar refractivity (Wildman–Crippen MR) is 64.5 cm³/mol. The maximum Gasteiger partial charge on any atom is 0.253 e. The van der Waals surface area contributed by atoms with E-state index >= 15 is 0 Å². The summed E-state index contributed by atoms with van der Waals surface area (Å²) in [6, 6.07) is 3.14. The number of hydrogen-bond donors (Lipinski definition) is 3. The smallest absolute Gasteiger partial charge is 0.253 e. The van der Waals surface area contributed by atoms with Crippen molar-refractivity contribution in [3.05, 3.63) is 29.8 Å². The van der Waals surface area contributed by atoms with E-state index in [9.17, 15) is 4.79 Å². The topological polar surface area (TPSA) is 115 Å². The minimum Gasteiger partial charge on any atom is -0.454 e. The average molecular weight is 261 g/mol. The lowest BCUT2D eigenvalue weighted by molar-refractivity contribution is 0.0950. The number of hydrogen-bond acceptors (Lipinski definition) is 6. The lowest BCUT2D eigenvalue weighted by Crippen LogP contribution is -2.24. The van der Waals surface area contributed by atoms with Crippen LogP contribution in [0.15, 0.2) is 18.5 Å². The number of aromatic amines is 1. The molecule has 3 rings (SSSR count). The molecule has 0 spiro atoms. The highest BCUT2D eigenvalue weighted by Crippen LogP contribution is 2.35. The summed E-state index contributed by atoms with van der Waals surface area (Å²) in [5.41, 5.74) is 6.48. The van der Waals surface area contributed by atoms with Crippen LogP contribution in [0.4, 0.5) is 5.69 Å². The normalized spacial score (nSPS) is 12.4. The van der Waals surface area contributed by atoms with E-state index in [0.717, 1.165) is 0 Å². The average Bonchev–Trinajstić information content (AvgIpc) is 3.05. The van der Waals surface area contributed by atoms with Crippen LogP contribution in [0, 0.1) is 0 Å². The molecule has 0 unspecified atom stereocenters. The molecule has 4 N–H and O–H groups in total. The second-order valence-corrected chi connectivity index (χ2v) is 3.91. The van der Waals surface area contributed by atoms with Crippen molar-refractivity contribution in [1.82, 2.24) is 20.5 Å². The Morgan fingerprint density at radius 1 is 1.42 bits per heavy atom. The number of nitrogens with two attached hydrogens (primary N) is 1. The van der Waals surface area contributed by atoms with Crippen LogP contribution in [0.3, 0.4) is 0 Å². The number of carbonyl (C=O) groups excluding carboxylic acids is 1. The minimum absolute atomic E-state index is 0.137. The summed E-state index contributed by atoms with van der Waals surface area (Å²) in [6.45, 7) is 0.380. The molecule has 1 aromatic heterocycles. The highest BCUT2D eigenvalue weighted by Gasteiger charge is 2.19. The first-order valence-corrected chi connectivity index (χ1v) is 5.55. The zero-order chi connectivity index (χ0) is 13.2. The van der Waals surface area contributed by atoms with Crippen molar-refractivity contribution in [1.29, 1.82) is 0 Å². The summed E-state index contributed by atoms with van der Waals surface area (Å²) < 4.78 is 10.4. The minimum atomic E-state index is -0.313. The molecule has 0 bridgehead atoms. The van der Waals surface area contributed by atoms with Crippen LogP contribution < -0.4 is 20.5 Å². The van der Waals surface area contributed by atoms with Gasteiger partial charge >= 0.3 is 0 Å². The van der Waals surface area contributed by atoms with Crippen LogP contribution in [0.1, 0.15) is 16.2 Å². The van der Waals surface area contributed by atoms with E-state index < -0.39 is 0 Å². The van der Waals surface area contributed by atoms with Crippen molar-refractivity contribution in [2.45, 2.75) is 6.54 Å². The number of rotatable bonds is 3. The Kier molecular flexibility index (Phi) is 2.67. The highest BCUT2D eigenvalue weighted by molar-refractivity contribution is 6.00. The fourth-order valence-electron chi connectivity index (χ4n) is 1.73. The van der Waals surface area contributed by atoms with Crippen molar-refractivity contribution in [2.75, 3.05) is 12.5 Å². The van der Waals surface area contributed by atoms with E-state index in [1.807, 2.05) is 0 Å². The van der Waals surface area contributed by atoms with Crippen molar-refractivity contribution in [2.24, 2.45) is 0 Å². The van der Waals surface area contributed by atoms with Crippen LogP contribution in [0.2, 0.25) is 0 Å². The summed E-state index contributed by atoms with van der Waals surface area (Å²) in [5, 5.41) is 9.02. The van der Waals surface area contributed by atoms with Crippen LogP contribution in [-0.4, -0.2) is 27.9 Å². The number of amides is 1. The summed E-state index contributed by atoms with van der Waals surface area (Å²) in [6.07, 6.45) is 1.37. The number of ether oxygens (including phenoxy) is 2. The molecule has 0 saturated carbocycles. The van der Waals surface area contributed by atoms with Gasteiger partial charge in [0.2, 0.25) is 6.79 Å². The Hall–Kier alpha value is -2.77. The van der Waals surface area contributed by atoms with Crippen LogP contribution in [0.5, 0.6) is 11.5 Å². The van der Waals surface area contributed by atoms with Gasteiger partial charge in [-0.05, 0) is 6.07 Å². The molecule has 1 aliphatic heterocycles. The van der Waals surface area contributed by atoms with Crippen molar-refractivity contribution >= 4 is 11.6 Å². The first-order chi connectivity index (χ1) is 9.24. The van der Waals surface area contributed by atoms with E-state index in [-0.39, 0.29) is 19.2 Å². The number of anilines is 1. The van der Waals surface area contributed by atoms with Crippen molar-refractivity contribution in [3.63, 3.8) is 0 Å². The lowest BCUT2D eigenvalue weighted by Gasteiger charge is -2.07. The van der Waals surface area contributed by atoms with Gasteiger partial charge in [0.25, 0.3) is 5.91 Å². The fourth-order valence-corrected chi connectivity index (χ4v) is 1.73. The van der Waals surface area contributed by atoms with E-state index in [1.165, 1.54) is 6.33 Å². The molecule has 0 aliphatic carbocycles. The van der Waals surface area contributed by atoms with E-state index in [0.29, 0.717) is 28.6 Å². The van der Waals surface area contributed by atoms with Gasteiger partial charge < -0.3 is 20.5 Å². The Morgan fingerprint density at radius 3 is 2.95 bits per heavy atom. The molecule has 1 aliphatic rings. The Labute approximate surface area is 107 Å². The highest BCUT2D eigenvalue weighted by atomic mass is 16.7. The third-order valence-corrected chi connectivity index (χ3v) is 2.67. The number of nitrogens with one attached hydrogen (secondary N) is 2. The number of carbonyl (C=O) groups is 1. The third-order valence-electron chi connectivity index (χ3n) is 2.67. The number of H-pyrrole nitrogens is 1. The van der Waals surface area contributed by atoms with Gasteiger partial charge in [-0.25, -0.2) is 4.98 Å². The van der Waals surface area contributed by atoms with Gasteiger partial charge in [-0.2, -0.15) is 5.10 Å². The monoisotopic (exact) mass is 261 g/mol. The molecule has 8 nitrogen and oxygen atoms in total. The first-order valence-electron chi connectivity index (χ1n) is 5.55. The Bertz CT molecular complexity index is 611. The zero-order valence-electron chi connectivity index (χ0n) is 9.84. The number of aromatic nitrogens is 3. The standard InChI is InChI=1S/C11H11N5O3/c12-7-2-9-8(18-5-19-9)1-6(7)11(17)13-3-10-14-4-15-16-10/h1-2,4H,3,5,12H2,(H,13,17)(H,14,15,16). The molecule has 0 atom stereocenters. The van der Waals surface area contributed by atoms with Crippen LogP contribution in [0.25, 0.3) is 0 Å². The maximum absolute atomic E-state index is 12.0. The van der Waals surface area contributed by atoms with Crippen LogP contribution >= 0.6 is 0 Å². The van der Waals surface area contributed by atoms with Gasteiger partial charge in [0.15, 0.2) is 11.5 Å². The van der Waals surface area contributed by atoms with Gasteiger partial charge in [0, 0.05) is 11.8 Å². The molecule has 98 valence electrons. The quantitative estimate of drug-likeness (QED) is 0.672. The second kappa shape index (κ2) is 4.48. The number of fused-ring (bicyclic) bond motifs is 1. The van der Waals surface area contributed by atoms with Crippen molar-refractivity contribution in [3.8, 4) is 11.5 Å². The molecule has 0 saturated heterocycles. The summed E-state index contributed by atoms with van der Waals surface area (Å²) >= 11 is 0. The maximum atomic E-state index is 12.0. The molecular formula is C11H11N5O3. The van der Waals surface area contributed by atoms with Gasteiger partial charge in [-0.1, -0.05) is 0 Å². The number of nitrogen functional groups attached to an aromatic ring is 1. The second-order valence-electron chi connectivity index (χ2n) is 3.91. The Balaban J connectivity index is 1.76. The fraction of sp³-hybridized carbons (Fsp3) is 0.182. The van der Waals surface area contributed by atoms with Gasteiger partial charge in [0.05, 0.1) is 12.1 Å². The molecule has 2 heterocycles. The van der Waals surface area contributed by atoms with E-state index in [4.69, 9.17) is 15.2 Å². The van der Waals surface area contributed by atoms with E-state index in [2.05, 4.69) is 20.5 Å². The molecule has 0 radical (unpaired) electrons. The predicted octanol–water partition coefficient (Wildman–Crippen LogP) is 0.0456. The summed E-state index contributed by atoms with van der Waals surface area (Å²) in [7, 11) is 0. The number of benzene rings is 1. The Morgan fingerprint density at radius 2 is 2.21 bits per heavy atom. The molecular weight excluding hydrogens is 250 g/mol. The van der Waals surface area contributed by atoms with Gasteiger partial charge in [0.1, 0.15) is 12.2 Å².